The van der Waals surface area contributed by atoms with Crippen molar-refractivity contribution >= 4 is 5.97 Å². The predicted molar refractivity (Wildman–Crippen MR) is 162 cm³/mol. The lowest BCUT2D eigenvalue weighted by Gasteiger charge is -2.29. The first-order valence-electron chi connectivity index (χ1n) is 14.4. The average Bonchev–Trinajstić information content (AvgIpc) is 3.51. The highest BCUT2D eigenvalue weighted by Gasteiger charge is 2.58. The van der Waals surface area contributed by atoms with Gasteiger partial charge in [-0.3, -0.25) is 28.7 Å². The third-order valence-corrected chi connectivity index (χ3v) is 7.73. The van der Waals surface area contributed by atoms with Crippen molar-refractivity contribution in [2.75, 3.05) is 13.7 Å². The zero-order chi connectivity index (χ0) is 35.8. The molecule has 4 heterocycles. The minimum atomic E-state index is -2.20. The maximum absolute atomic E-state index is 12.6. The van der Waals surface area contributed by atoms with Crippen LogP contribution < -0.4 is 22.5 Å². The fraction of sp³-hybridized carbons (Fsp3) is 0.433. The number of nitriles is 2. The molecule has 0 bridgehead atoms. The summed E-state index contributed by atoms with van der Waals surface area (Å²) >= 11 is 0. The normalized spacial score (nSPS) is 28.9. The summed E-state index contributed by atoms with van der Waals surface area (Å²) in [5, 5.41) is 54.7. The van der Waals surface area contributed by atoms with E-state index in [4.69, 9.17) is 24.4 Å². The summed E-state index contributed by atoms with van der Waals surface area (Å²) in [5.41, 5.74) is -6.81. The van der Waals surface area contributed by atoms with Crippen molar-refractivity contribution < 1.29 is 39.4 Å². The molecule has 0 radical (unpaired) electrons. The molecule has 256 valence electrons. The number of carbonyl (C=O) groups is 1. The molecular formula is C30H34N6O12. The van der Waals surface area contributed by atoms with Gasteiger partial charge in [0.05, 0.1) is 18.3 Å². The van der Waals surface area contributed by atoms with Gasteiger partial charge in [0.1, 0.15) is 30.5 Å². The average molecular weight is 671 g/mol. The molecule has 1 aromatic carbocycles. The highest BCUT2D eigenvalue weighted by Crippen LogP contribution is 2.41. The molecule has 18 heteroatoms. The summed E-state index contributed by atoms with van der Waals surface area (Å²) < 4.78 is 18.3. The lowest BCUT2D eigenvalue weighted by molar-refractivity contribution is -0.109. The Morgan fingerprint density at radius 2 is 1.40 bits per heavy atom. The maximum atomic E-state index is 12.6. The van der Waals surface area contributed by atoms with Crippen LogP contribution in [0.1, 0.15) is 30.6 Å². The molecule has 6 N–H and O–H groups in total. The van der Waals surface area contributed by atoms with Gasteiger partial charge in [0.2, 0.25) is 0 Å². The van der Waals surface area contributed by atoms with Gasteiger partial charge in [0, 0.05) is 37.6 Å². The molecule has 18 nitrogen and oxygen atoms in total. The number of H-pyrrole nitrogens is 2. The van der Waals surface area contributed by atoms with Crippen molar-refractivity contribution in [2.24, 2.45) is 5.92 Å². The number of aromatic nitrogens is 4. The number of nitrogens with one attached hydrogen (secondary N) is 2. The molecule has 8 atom stereocenters. The summed E-state index contributed by atoms with van der Waals surface area (Å²) in [7, 11) is 1.00. The van der Waals surface area contributed by atoms with Crippen molar-refractivity contribution in [2.45, 2.75) is 62.2 Å². The lowest BCUT2D eigenvalue weighted by Crippen LogP contribution is -2.51. The van der Waals surface area contributed by atoms with Crippen LogP contribution in [0.15, 0.2) is 74.0 Å². The molecule has 3 aromatic rings. The first-order valence-corrected chi connectivity index (χ1v) is 14.4. The Kier molecular flexibility index (Phi) is 12.1. The number of nitrogens with zero attached hydrogens (tertiary/aromatic N) is 4. The molecular weight excluding hydrogens is 636 g/mol. The molecule has 48 heavy (non-hydrogen) atoms. The summed E-state index contributed by atoms with van der Waals surface area (Å²) in [4.78, 5) is 63.0. The molecule has 0 unspecified atom stereocenters. The Morgan fingerprint density at radius 3 is 1.83 bits per heavy atom. The van der Waals surface area contributed by atoms with E-state index in [1.54, 1.807) is 43.3 Å². The molecule has 0 aliphatic carbocycles. The molecule has 2 aliphatic heterocycles. The lowest BCUT2D eigenvalue weighted by atomic mass is 9.93. The van der Waals surface area contributed by atoms with Crippen molar-refractivity contribution in [1.29, 1.82) is 10.5 Å². The summed E-state index contributed by atoms with van der Waals surface area (Å²) in [6.45, 7) is 3.03. The van der Waals surface area contributed by atoms with Crippen LogP contribution in [0.2, 0.25) is 0 Å². The van der Waals surface area contributed by atoms with Crippen LogP contribution in [0, 0.1) is 28.6 Å². The summed E-state index contributed by atoms with van der Waals surface area (Å²) in [5.74, 6) is -0.967. The maximum Gasteiger partial charge on any atom is 0.338 e. The largest absolute Gasteiger partial charge is 0.452 e. The van der Waals surface area contributed by atoms with Crippen LogP contribution >= 0.6 is 0 Å². The molecule has 2 fully saturated rings. The van der Waals surface area contributed by atoms with Gasteiger partial charge in [-0.15, -0.1) is 0 Å². The Labute approximate surface area is 271 Å². The van der Waals surface area contributed by atoms with E-state index >= 15 is 0 Å². The van der Waals surface area contributed by atoms with Crippen molar-refractivity contribution in [1.82, 2.24) is 19.1 Å². The van der Waals surface area contributed by atoms with E-state index in [0.29, 0.717) is 16.6 Å². The number of hydrogen-bond acceptors (Lipinski definition) is 14. The van der Waals surface area contributed by atoms with Crippen LogP contribution in [0.4, 0.5) is 0 Å². The molecule has 0 saturated carbocycles. The van der Waals surface area contributed by atoms with Crippen LogP contribution in [0.3, 0.4) is 0 Å². The first-order chi connectivity index (χ1) is 22.9. The van der Waals surface area contributed by atoms with E-state index < -0.39 is 77.0 Å². The standard InChI is InChI=1S/C19H19N3O5.C10H11N3O6.CH4O/c1-3-14-12(2)16(26-17(24)13-7-5-4-6-8-13)19(11-20,27-14)22-10-9-15(23)21-18(22)25;11-4-10(8(17)7(16)5(3-14)19-10)13-2-1-6(15)12-9(13)18;1-2/h4-10,12,14,16H,3H2,1-2H3,(H,21,23,25);1-2,5,7-8,14,16-17H,3H2,(H,12,15,18);2H,1H3/t12-,14-,16-,19-;5-,7-,8-,10-;/m11./s1. The molecule has 2 saturated heterocycles. The number of hydrogen-bond donors (Lipinski definition) is 6. The quantitative estimate of drug-likeness (QED) is 0.152. The number of benzene rings is 1. The number of aliphatic hydroxyl groups excluding tert-OH is 4. The number of rotatable bonds is 6. The van der Waals surface area contributed by atoms with Gasteiger partial charge in [-0.05, 0) is 18.6 Å². The Hall–Kier alpha value is -5.21. The second-order valence-corrected chi connectivity index (χ2v) is 10.5. The third kappa shape index (κ3) is 6.89. The third-order valence-electron chi connectivity index (χ3n) is 7.73. The minimum absolute atomic E-state index is 0.324. The van der Waals surface area contributed by atoms with Gasteiger partial charge in [-0.2, -0.15) is 10.5 Å². The summed E-state index contributed by atoms with van der Waals surface area (Å²) in [6.07, 6.45) is -3.24. The second kappa shape index (κ2) is 15.6. The highest BCUT2D eigenvalue weighted by molar-refractivity contribution is 5.89. The van der Waals surface area contributed by atoms with Gasteiger partial charge in [0.15, 0.2) is 6.10 Å². The summed E-state index contributed by atoms with van der Waals surface area (Å²) in [6, 6.07) is 14.0. The molecule has 0 amide bonds. The van der Waals surface area contributed by atoms with E-state index in [-0.39, 0.29) is 5.92 Å². The van der Waals surface area contributed by atoms with E-state index in [1.807, 2.05) is 18.0 Å². The second-order valence-electron chi connectivity index (χ2n) is 10.5. The van der Waals surface area contributed by atoms with E-state index in [9.17, 15) is 44.7 Å². The van der Waals surface area contributed by atoms with Gasteiger partial charge in [0.25, 0.3) is 22.6 Å². The van der Waals surface area contributed by atoms with E-state index in [2.05, 4.69) is 4.98 Å². The van der Waals surface area contributed by atoms with Crippen LogP contribution in [0.25, 0.3) is 0 Å². The molecule has 5 rings (SSSR count). The number of aliphatic hydroxyl groups is 4. The monoisotopic (exact) mass is 670 g/mol. The predicted octanol–water partition coefficient (Wildman–Crippen LogP) is -2.18. The Balaban J connectivity index is 0.000000262. The van der Waals surface area contributed by atoms with Crippen LogP contribution in [-0.4, -0.2) is 89.7 Å². The van der Waals surface area contributed by atoms with Gasteiger partial charge >= 0.3 is 17.3 Å². The van der Waals surface area contributed by atoms with Crippen molar-refractivity contribution in [3.05, 3.63) is 102 Å². The minimum Gasteiger partial charge on any atom is -0.452 e. The van der Waals surface area contributed by atoms with E-state index in [1.165, 1.54) is 6.20 Å². The van der Waals surface area contributed by atoms with Gasteiger partial charge in [-0.1, -0.05) is 32.0 Å². The smallest absolute Gasteiger partial charge is 0.338 e. The number of carbonyl (C=O) groups excluding carboxylic acids is 1. The van der Waals surface area contributed by atoms with E-state index in [0.717, 1.165) is 30.0 Å². The first kappa shape index (κ1) is 37.2. The number of ether oxygens (including phenoxy) is 3. The highest BCUT2D eigenvalue weighted by atomic mass is 16.6. The SMILES string of the molecule is CC[C@H]1O[C@@](C#N)(n2ccc(=O)[nH]c2=O)[C@H](OC(=O)c2ccccc2)[C@@H]1C.CO.N#C[C@@]1(n2ccc(=O)[nH]c2=O)O[C@H](CO)[C@@H](O)[C@H]1O. The fourth-order valence-electron chi connectivity index (χ4n) is 5.35. The topological polar surface area (TPSA) is 283 Å². The van der Waals surface area contributed by atoms with Crippen molar-refractivity contribution in [3.63, 3.8) is 0 Å². The fourth-order valence-corrected chi connectivity index (χ4v) is 5.35. The van der Waals surface area contributed by atoms with Gasteiger partial charge < -0.3 is 34.6 Å². The zero-order valence-corrected chi connectivity index (χ0v) is 25.9. The molecule has 2 aromatic heterocycles. The van der Waals surface area contributed by atoms with Crippen molar-refractivity contribution in [3.8, 4) is 12.1 Å². The number of esters is 1. The Bertz CT molecular complexity index is 1890. The molecule has 0 spiro atoms. The van der Waals surface area contributed by atoms with Gasteiger partial charge in [-0.25, -0.2) is 14.4 Å². The van der Waals surface area contributed by atoms with Crippen LogP contribution in [0.5, 0.6) is 0 Å². The molecule has 2 aliphatic rings. The van der Waals surface area contributed by atoms with Crippen LogP contribution in [-0.2, 0) is 25.7 Å². The number of aromatic amines is 2. The Morgan fingerprint density at radius 1 is 0.896 bits per heavy atom. The zero-order valence-electron chi connectivity index (χ0n) is 25.9.